The second-order valence-electron chi connectivity index (χ2n) is 3.99. The summed E-state index contributed by atoms with van der Waals surface area (Å²) >= 11 is 5.18. The number of hydrogen-bond acceptors (Lipinski definition) is 3. The Kier molecular flexibility index (Phi) is 6.12. The number of rotatable bonds is 5. The lowest BCUT2D eigenvalue weighted by Crippen LogP contribution is -2.38. The molecule has 96 valence electrons. The summed E-state index contributed by atoms with van der Waals surface area (Å²) in [6.07, 6.45) is 0.424. The molecule has 0 bridgehead atoms. The van der Waals surface area contributed by atoms with Gasteiger partial charge in [0, 0.05) is 18.8 Å². The van der Waals surface area contributed by atoms with Gasteiger partial charge in [-0.1, -0.05) is 12.1 Å². The molecular formula is C13H17N3OS. The number of methoxy groups -OCH3 is 1. The maximum absolute atomic E-state index is 8.58. The summed E-state index contributed by atoms with van der Waals surface area (Å²) in [6, 6.07) is 9.90. The maximum Gasteiger partial charge on any atom is 0.171 e. The van der Waals surface area contributed by atoms with E-state index in [4.69, 9.17) is 22.2 Å². The summed E-state index contributed by atoms with van der Waals surface area (Å²) in [5.41, 5.74) is 1.90. The van der Waals surface area contributed by atoms with Crippen molar-refractivity contribution in [3.63, 3.8) is 0 Å². The van der Waals surface area contributed by atoms with Crippen molar-refractivity contribution in [1.82, 2.24) is 5.32 Å². The van der Waals surface area contributed by atoms with Crippen LogP contribution in [0.3, 0.4) is 0 Å². The number of nitrogens with one attached hydrogen (secondary N) is 2. The first-order valence-corrected chi connectivity index (χ1v) is 6.09. The molecule has 18 heavy (non-hydrogen) atoms. The lowest BCUT2D eigenvalue weighted by Gasteiger charge is -2.16. The van der Waals surface area contributed by atoms with Crippen LogP contribution in [0.1, 0.15) is 12.5 Å². The minimum absolute atomic E-state index is 0.160. The Morgan fingerprint density at radius 1 is 1.44 bits per heavy atom. The molecule has 2 N–H and O–H groups in total. The molecular weight excluding hydrogens is 246 g/mol. The van der Waals surface area contributed by atoms with Gasteiger partial charge < -0.3 is 15.4 Å². The van der Waals surface area contributed by atoms with Gasteiger partial charge in [-0.25, -0.2) is 0 Å². The number of hydrogen-bond donors (Lipinski definition) is 2. The summed E-state index contributed by atoms with van der Waals surface area (Å²) in [5, 5.41) is 15.3. The van der Waals surface area contributed by atoms with Gasteiger partial charge in [0.05, 0.1) is 19.1 Å². The minimum Gasteiger partial charge on any atom is -0.383 e. The molecule has 0 amide bonds. The second-order valence-corrected chi connectivity index (χ2v) is 4.39. The lowest BCUT2D eigenvalue weighted by atomic mass is 10.1. The van der Waals surface area contributed by atoms with Crippen molar-refractivity contribution in [3.8, 4) is 6.07 Å². The van der Waals surface area contributed by atoms with Gasteiger partial charge in [-0.3, -0.25) is 0 Å². The molecule has 1 aromatic carbocycles. The minimum atomic E-state index is 0.160. The Morgan fingerprint density at radius 3 is 2.67 bits per heavy atom. The topological polar surface area (TPSA) is 57.1 Å². The standard InChI is InChI=1S/C13H17N3OS/c1-10(9-17-2)15-13(18)16-12-5-3-11(4-6-12)7-8-14/h3-6,10H,7,9H2,1-2H3,(H2,15,16,18). The summed E-state index contributed by atoms with van der Waals surface area (Å²) in [5.74, 6) is 0. The third-order valence-corrected chi connectivity index (χ3v) is 2.51. The Labute approximate surface area is 113 Å². The second kappa shape index (κ2) is 7.64. The monoisotopic (exact) mass is 263 g/mol. The molecule has 0 radical (unpaired) electrons. The van der Waals surface area contributed by atoms with E-state index in [1.165, 1.54) is 0 Å². The fraction of sp³-hybridized carbons (Fsp3) is 0.385. The fourth-order valence-corrected chi connectivity index (χ4v) is 1.80. The normalized spacial score (nSPS) is 11.4. The number of ether oxygens (including phenoxy) is 1. The molecule has 1 rings (SSSR count). The summed E-state index contributed by atoms with van der Waals surface area (Å²) in [6.45, 7) is 2.59. The van der Waals surface area contributed by atoms with Crippen LogP contribution in [0, 0.1) is 11.3 Å². The van der Waals surface area contributed by atoms with Gasteiger partial charge in [0.15, 0.2) is 5.11 Å². The van der Waals surface area contributed by atoms with Gasteiger partial charge in [0.1, 0.15) is 0 Å². The first kappa shape index (κ1) is 14.4. The summed E-state index contributed by atoms with van der Waals surface area (Å²) < 4.78 is 5.02. The molecule has 0 aromatic heterocycles. The van der Waals surface area contributed by atoms with Crippen molar-refractivity contribution in [2.45, 2.75) is 19.4 Å². The van der Waals surface area contributed by atoms with E-state index >= 15 is 0 Å². The number of anilines is 1. The molecule has 5 heteroatoms. The third kappa shape index (κ3) is 5.13. The average molecular weight is 263 g/mol. The molecule has 0 saturated carbocycles. The van der Waals surface area contributed by atoms with Gasteiger partial charge in [-0.05, 0) is 36.8 Å². The first-order chi connectivity index (χ1) is 8.65. The summed E-state index contributed by atoms with van der Waals surface area (Å²) in [7, 11) is 1.66. The predicted molar refractivity (Wildman–Crippen MR) is 76.5 cm³/mol. The molecule has 0 saturated heterocycles. The first-order valence-electron chi connectivity index (χ1n) is 5.68. The van der Waals surface area contributed by atoms with Crippen LogP contribution in [0.2, 0.25) is 0 Å². The van der Waals surface area contributed by atoms with Gasteiger partial charge >= 0.3 is 0 Å². The van der Waals surface area contributed by atoms with E-state index < -0.39 is 0 Å². The third-order valence-electron chi connectivity index (χ3n) is 2.29. The molecule has 4 nitrogen and oxygen atoms in total. The molecule has 1 atom stereocenters. The number of nitrogens with zero attached hydrogens (tertiary/aromatic N) is 1. The molecule has 1 aromatic rings. The van der Waals surface area contributed by atoms with Crippen LogP contribution in [-0.2, 0) is 11.2 Å². The van der Waals surface area contributed by atoms with E-state index in [1.807, 2.05) is 31.2 Å². The highest BCUT2D eigenvalue weighted by atomic mass is 32.1. The van der Waals surface area contributed by atoms with Crippen LogP contribution in [0.15, 0.2) is 24.3 Å². The zero-order valence-corrected chi connectivity index (χ0v) is 11.4. The fourth-order valence-electron chi connectivity index (χ4n) is 1.48. The Balaban J connectivity index is 2.47. The van der Waals surface area contributed by atoms with Crippen LogP contribution >= 0.6 is 12.2 Å². The van der Waals surface area contributed by atoms with Gasteiger partial charge in [-0.2, -0.15) is 5.26 Å². The molecule has 0 fully saturated rings. The summed E-state index contributed by atoms with van der Waals surface area (Å²) in [4.78, 5) is 0. The molecule has 0 spiro atoms. The SMILES string of the molecule is COCC(C)NC(=S)Nc1ccc(CC#N)cc1. The van der Waals surface area contributed by atoms with Crippen LogP contribution in [-0.4, -0.2) is 24.9 Å². The molecule has 0 aliphatic carbocycles. The average Bonchev–Trinajstić information content (AvgIpc) is 2.32. The number of benzene rings is 1. The van der Waals surface area contributed by atoms with Crippen molar-refractivity contribution >= 4 is 23.0 Å². The van der Waals surface area contributed by atoms with E-state index in [-0.39, 0.29) is 6.04 Å². The quantitative estimate of drug-likeness (QED) is 0.797. The Hall–Kier alpha value is -1.64. The molecule has 0 heterocycles. The Morgan fingerprint density at radius 2 is 2.11 bits per heavy atom. The maximum atomic E-state index is 8.58. The van der Waals surface area contributed by atoms with Crippen molar-refractivity contribution in [1.29, 1.82) is 5.26 Å². The smallest absolute Gasteiger partial charge is 0.171 e. The zero-order valence-electron chi connectivity index (χ0n) is 10.6. The van der Waals surface area contributed by atoms with Crippen LogP contribution < -0.4 is 10.6 Å². The number of thiocarbonyl (C=S) groups is 1. The zero-order chi connectivity index (χ0) is 13.4. The number of nitriles is 1. The largest absolute Gasteiger partial charge is 0.383 e. The molecule has 1 unspecified atom stereocenters. The van der Waals surface area contributed by atoms with Gasteiger partial charge in [0.25, 0.3) is 0 Å². The van der Waals surface area contributed by atoms with Gasteiger partial charge in [-0.15, -0.1) is 0 Å². The van der Waals surface area contributed by atoms with Crippen LogP contribution in [0.25, 0.3) is 0 Å². The van der Waals surface area contributed by atoms with E-state index in [1.54, 1.807) is 7.11 Å². The van der Waals surface area contributed by atoms with E-state index in [2.05, 4.69) is 16.7 Å². The van der Waals surface area contributed by atoms with Crippen LogP contribution in [0.5, 0.6) is 0 Å². The van der Waals surface area contributed by atoms with E-state index in [0.717, 1.165) is 11.3 Å². The lowest BCUT2D eigenvalue weighted by molar-refractivity contribution is 0.179. The highest BCUT2D eigenvalue weighted by Crippen LogP contribution is 2.09. The van der Waals surface area contributed by atoms with Crippen molar-refractivity contribution in [3.05, 3.63) is 29.8 Å². The van der Waals surface area contributed by atoms with E-state index in [0.29, 0.717) is 18.1 Å². The predicted octanol–water partition coefficient (Wildman–Crippen LogP) is 2.07. The Bertz CT molecular complexity index is 425. The van der Waals surface area contributed by atoms with Crippen molar-refractivity contribution < 1.29 is 4.74 Å². The molecule has 0 aliphatic rings. The highest BCUT2D eigenvalue weighted by molar-refractivity contribution is 7.80. The van der Waals surface area contributed by atoms with Crippen LogP contribution in [0.4, 0.5) is 5.69 Å². The van der Waals surface area contributed by atoms with Crippen molar-refractivity contribution in [2.75, 3.05) is 19.0 Å². The van der Waals surface area contributed by atoms with E-state index in [9.17, 15) is 0 Å². The van der Waals surface area contributed by atoms with Gasteiger partial charge in [0.2, 0.25) is 0 Å². The highest BCUT2D eigenvalue weighted by Gasteiger charge is 2.03. The molecule has 0 aliphatic heterocycles. The van der Waals surface area contributed by atoms with Crippen molar-refractivity contribution in [2.24, 2.45) is 0 Å².